The first-order valence-electron chi connectivity index (χ1n) is 10.4. The number of hydrogen-bond acceptors (Lipinski definition) is 4. The predicted octanol–water partition coefficient (Wildman–Crippen LogP) is 4.85. The van der Waals surface area contributed by atoms with Gasteiger partial charge >= 0.3 is 0 Å². The first-order chi connectivity index (χ1) is 14.3. The van der Waals surface area contributed by atoms with Crippen molar-refractivity contribution in [2.75, 3.05) is 10.8 Å². The Hall–Kier alpha value is -2.67. The van der Waals surface area contributed by atoms with Crippen molar-refractivity contribution in [2.45, 2.75) is 59.3 Å². The van der Waals surface area contributed by atoms with E-state index in [0.717, 1.165) is 21.1 Å². The number of nitrogens with one attached hydrogen (secondary N) is 1. The summed E-state index contributed by atoms with van der Waals surface area (Å²) in [4.78, 5) is 12.8. The maximum Gasteiger partial charge on any atom is 0.264 e. The molecule has 6 nitrogen and oxygen atoms in total. The van der Waals surface area contributed by atoms with Crippen LogP contribution < -0.4 is 9.73 Å². The van der Waals surface area contributed by atoms with Crippen molar-refractivity contribution in [2.24, 2.45) is 10.5 Å². The second-order valence-electron chi connectivity index (χ2n) is 9.05. The number of rotatable bonds is 7. The molecule has 0 radical (unpaired) electrons. The smallest absolute Gasteiger partial charge is 0.264 e. The van der Waals surface area contributed by atoms with Gasteiger partial charge in [-0.15, -0.1) is 0 Å². The molecule has 2 rings (SSSR count). The standard InChI is InChI=1S/C24H33N3O3S/c1-17(2)20-10-12-21(13-11-20)27(16-23(28)26-25-19(4)24(5,6)7)31(29,30)22-14-8-18(3)9-15-22/h8-15,17H,16H2,1-7H3,(H,26,28)/b25-19-. The molecule has 7 heteroatoms. The minimum atomic E-state index is -3.94. The van der Waals surface area contributed by atoms with Crippen LogP contribution in [0.3, 0.4) is 0 Å². The minimum Gasteiger partial charge on any atom is -0.271 e. The largest absolute Gasteiger partial charge is 0.271 e. The molecule has 0 aliphatic carbocycles. The second kappa shape index (κ2) is 9.64. The molecule has 0 aromatic heterocycles. The molecule has 1 N–H and O–H groups in total. The average Bonchev–Trinajstić information content (AvgIpc) is 2.69. The van der Waals surface area contributed by atoms with E-state index in [1.165, 1.54) is 0 Å². The molecule has 2 aromatic rings. The van der Waals surface area contributed by atoms with Gasteiger partial charge in [0.2, 0.25) is 0 Å². The lowest BCUT2D eigenvalue weighted by atomic mass is 9.91. The van der Waals surface area contributed by atoms with Gasteiger partial charge in [0, 0.05) is 11.1 Å². The molecule has 0 unspecified atom stereocenters. The van der Waals surface area contributed by atoms with E-state index in [9.17, 15) is 13.2 Å². The number of sulfonamides is 1. The summed E-state index contributed by atoms with van der Waals surface area (Å²) in [6.07, 6.45) is 0. The van der Waals surface area contributed by atoms with E-state index in [0.29, 0.717) is 11.6 Å². The van der Waals surface area contributed by atoms with Crippen LogP contribution in [0, 0.1) is 12.3 Å². The molecule has 0 heterocycles. The summed E-state index contributed by atoms with van der Waals surface area (Å²) in [6, 6.07) is 13.8. The van der Waals surface area contributed by atoms with Crippen molar-refractivity contribution in [1.82, 2.24) is 5.43 Å². The molecule has 168 valence electrons. The highest BCUT2D eigenvalue weighted by molar-refractivity contribution is 7.92. The number of nitrogens with zero attached hydrogens (tertiary/aromatic N) is 2. The van der Waals surface area contributed by atoms with Gasteiger partial charge in [-0.3, -0.25) is 9.10 Å². The molecule has 0 atom stereocenters. The second-order valence-corrected chi connectivity index (χ2v) is 10.9. The van der Waals surface area contributed by atoms with Crippen LogP contribution in [0.5, 0.6) is 0 Å². The van der Waals surface area contributed by atoms with Crippen LogP contribution in [0.15, 0.2) is 58.5 Å². The summed E-state index contributed by atoms with van der Waals surface area (Å²) in [5.74, 6) is -0.193. The van der Waals surface area contributed by atoms with Gasteiger partial charge in [0.15, 0.2) is 0 Å². The Bertz CT molecular complexity index is 1030. The lowest BCUT2D eigenvalue weighted by molar-refractivity contribution is -0.119. The fourth-order valence-electron chi connectivity index (χ4n) is 2.66. The summed E-state index contributed by atoms with van der Waals surface area (Å²) in [5, 5.41) is 4.14. The van der Waals surface area contributed by atoms with E-state index in [1.807, 2.05) is 46.8 Å². The number of carbonyl (C=O) groups excluding carboxylic acids is 1. The normalized spacial score (nSPS) is 12.7. The first kappa shape index (κ1) is 24.6. The first-order valence-corrected chi connectivity index (χ1v) is 11.8. The van der Waals surface area contributed by atoms with Gasteiger partial charge in [0.25, 0.3) is 15.9 Å². The van der Waals surface area contributed by atoms with E-state index in [1.54, 1.807) is 36.4 Å². The third kappa shape index (κ3) is 6.40. The molecule has 0 bridgehead atoms. The van der Waals surface area contributed by atoms with Gasteiger partial charge in [0.1, 0.15) is 6.54 Å². The molecule has 0 saturated carbocycles. The molecular weight excluding hydrogens is 410 g/mol. The summed E-state index contributed by atoms with van der Waals surface area (Å²) < 4.78 is 27.9. The van der Waals surface area contributed by atoms with E-state index < -0.39 is 15.9 Å². The van der Waals surface area contributed by atoms with Crippen LogP contribution in [-0.4, -0.2) is 26.6 Å². The molecule has 1 amide bonds. The molecule has 31 heavy (non-hydrogen) atoms. The number of anilines is 1. The van der Waals surface area contributed by atoms with Gasteiger partial charge in [-0.2, -0.15) is 5.10 Å². The van der Waals surface area contributed by atoms with Gasteiger partial charge in [-0.25, -0.2) is 13.8 Å². The third-order valence-electron chi connectivity index (χ3n) is 5.18. The third-order valence-corrected chi connectivity index (χ3v) is 6.97. The van der Waals surface area contributed by atoms with Crippen LogP contribution in [-0.2, 0) is 14.8 Å². The van der Waals surface area contributed by atoms with Crippen molar-refractivity contribution in [3.05, 3.63) is 59.7 Å². The Morgan fingerprint density at radius 2 is 1.58 bits per heavy atom. The van der Waals surface area contributed by atoms with Crippen LogP contribution in [0.2, 0.25) is 0 Å². The molecule has 0 spiro atoms. The number of amides is 1. The molecular formula is C24H33N3O3S. The van der Waals surface area contributed by atoms with E-state index in [-0.39, 0.29) is 16.9 Å². The van der Waals surface area contributed by atoms with Crippen molar-refractivity contribution in [3.8, 4) is 0 Å². The van der Waals surface area contributed by atoms with Crippen LogP contribution in [0.4, 0.5) is 5.69 Å². The number of hydrazone groups is 1. The number of hydrogen-bond donors (Lipinski definition) is 1. The monoisotopic (exact) mass is 443 g/mol. The highest BCUT2D eigenvalue weighted by Crippen LogP contribution is 2.26. The fourth-order valence-corrected chi connectivity index (χ4v) is 4.08. The van der Waals surface area contributed by atoms with Crippen LogP contribution >= 0.6 is 0 Å². The van der Waals surface area contributed by atoms with Crippen molar-refractivity contribution < 1.29 is 13.2 Å². The zero-order valence-electron chi connectivity index (χ0n) is 19.4. The van der Waals surface area contributed by atoms with Gasteiger partial charge in [0.05, 0.1) is 10.6 Å². The summed E-state index contributed by atoms with van der Waals surface area (Å²) in [6.45, 7) is 13.4. The maximum atomic E-state index is 13.4. The van der Waals surface area contributed by atoms with Gasteiger partial charge in [-0.05, 0) is 49.6 Å². The molecule has 0 fully saturated rings. The fraction of sp³-hybridized carbons (Fsp3) is 0.417. The highest BCUT2D eigenvalue weighted by Gasteiger charge is 2.27. The quantitative estimate of drug-likeness (QED) is 0.491. The van der Waals surface area contributed by atoms with Crippen molar-refractivity contribution >= 4 is 27.3 Å². The summed E-state index contributed by atoms with van der Waals surface area (Å²) in [7, 11) is -3.94. The topological polar surface area (TPSA) is 78.8 Å². The average molecular weight is 444 g/mol. The summed E-state index contributed by atoms with van der Waals surface area (Å²) in [5.41, 5.74) is 5.51. The molecule has 0 aliphatic heterocycles. The van der Waals surface area contributed by atoms with Crippen LogP contribution in [0.1, 0.15) is 58.6 Å². The van der Waals surface area contributed by atoms with E-state index in [2.05, 4.69) is 24.4 Å². The van der Waals surface area contributed by atoms with Crippen molar-refractivity contribution in [3.63, 3.8) is 0 Å². The number of carbonyl (C=O) groups is 1. The lowest BCUT2D eigenvalue weighted by Crippen LogP contribution is -2.40. The van der Waals surface area contributed by atoms with E-state index >= 15 is 0 Å². The van der Waals surface area contributed by atoms with E-state index in [4.69, 9.17) is 0 Å². The predicted molar refractivity (Wildman–Crippen MR) is 127 cm³/mol. The zero-order valence-corrected chi connectivity index (χ0v) is 20.2. The highest BCUT2D eigenvalue weighted by atomic mass is 32.2. The molecule has 2 aromatic carbocycles. The van der Waals surface area contributed by atoms with Crippen LogP contribution in [0.25, 0.3) is 0 Å². The Morgan fingerprint density at radius 3 is 2.06 bits per heavy atom. The van der Waals surface area contributed by atoms with Gasteiger partial charge in [-0.1, -0.05) is 64.4 Å². The Kier molecular flexibility index (Phi) is 7.65. The Labute approximate surface area is 186 Å². The SMILES string of the molecule is C/C(=N/NC(=O)CN(c1ccc(C(C)C)cc1)S(=O)(=O)c1ccc(C)cc1)C(C)(C)C. The Morgan fingerprint density at radius 1 is 1.03 bits per heavy atom. The number of aryl methyl sites for hydroxylation is 1. The molecule has 0 aliphatic rings. The minimum absolute atomic E-state index is 0.133. The maximum absolute atomic E-state index is 13.4. The zero-order chi connectivity index (χ0) is 23.4. The molecule has 0 saturated heterocycles. The van der Waals surface area contributed by atoms with Crippen molar-refractivity contribution in [1.29, 1.82) is 0 Å². The Balaban J connectivity index is 2.40. The lowest BCUT2D eigenvalue weighted by Gasteiger charge is -2.24. The number of benzene rings is 2. The summed E-state index contributed by atoms with van der Waals surface area (Å²) >= 11 is 0. The van der Waals surface area contributed by atoms with Gasteiger partial charge < -0.3 is 0 Å².